The molecular formula is C20H24N4O5S. The molecule has 0 radical (unpaired) electrons. The largest absolute Gasteiger partial charge is 0.468 e. The molecule has 0 saturated carbocycles. The van der Waals surface area contributed by atoms with E-state index in [0.29, 0.717) is 42.4 Å². The smallest absolute Gasteiger partial charge is 0.251 e. The fraction of sp³-hybridized carbons (Fsp3) is 0.350. The number of amides is 1. The van der Waals surface area contributed by atoms with Crippen LogP contribution in [0.4, 0.5) is 0 Å². The van der Waals surface area contributed by atoms with Gasteiger partial charge in [0.1, 0.15) is 5.76 Å². The van der Waals surface area contributed by atoms with E-state index in [1.165, 1.54) is 30.5 Å². The molecule has 0 unspecified atom stereocenters. The molecule has 0 spiro atoms. The summed E-state index contributed by atoms with van der Waals surface area (Å²) >= 11 is 0. The third-order valence-electron chi connectivity index (χ3n) is 4.30. The molecule has 30 heavy (non-hydrogen) atoms. The molecule has 160 valence electrons. The van der Waals surface area contributed by atoms with Crippen molar-refractivity contribution in [2.45, 2.75) is 44.0 Å². The fourth-order valence-electron chi connectivity index (χ4n) is 2.60. The van der Waals surface area contributed by atoms with Crippen LogP contribution in [-0.2, 0) is 23.0 Å². The van der Waals surface area contributed by atoms with Crippen molar-refractivity contribution in [2.75, 3.05) is 6.54 Å². The number of hydrogen-bond donors (Lipinski definition) is 2. The maximum atomic E-state index is 12.3. The second-order valence-electron chi connectivity index (χ2n) is 6.99. The first-order chi connectivity index (χ1) is 14.3. The lowest BCUT2D eigenvalue weighted by atomic mass is 10.2. The number of hydrogen-bond acceptors (Lipinski definition) is 7. The molecule has 2 aromatic heterocycles. The Morgan fingerprint density at radius 1 is 1.17 bits per heavy atom. The Balaban J connectivity index is 1.47. The van der Waals surface area contributed by atoms with Crippen LogP contribution in [0, 0.1) is 0 Å². The van der Waals surface area contributed by atoms with Crippen LogP contribution < -0.4 is 10.0 Å². The minimum Gasteiger partial charge on any atom is -0.468 e. The number of benzene rings is 1. The molecule has 3 rings (SSSR count). The molecular weight excluding hydrogens is 408 g/mol. The van der Waals surface area contributed by atoms with Gasteiger partial charge in [0.15, 0.2) is 5.82 Å². The van der Waals surface area contributed by atoms with Crippen LogP contribution in [0.15, 0.2) is 56.5 Å². The minimum absolute atomic E-state index is 0.0519. The van der Waals surface area contributed by atoms with E-state index >= 15 is 0 Å². The van der Waals surface area contributed by atoms with Crippen molar-refractivity contribution in [3.8, 4) is 0 Å². The Bertz CT molecular complexity index is 1060. The number of carbonyl (C=O) groups is 1. The molecule has 1 amide bonds. The van der Waals surface area contributed by atoms with Gasteiger partial charge in [-0.05, 0) is 42.8 Å². The normalized spacial score (nSPS) is 11.7. The zero-order chi connectivity index (χ0) is 21.6. The monoisotopic (exact) mass is 432 g/mol. The van der Waals surface area contributed by atoms with Crippen LogP contribution in [0.25, 0.3) is 0 Å². The van der Waals surface area contributed by atoms with Crippen LogP contribution in [0.1, 0.15) is 54.0 Å². The fourth-order valence-corrected chi connectivity index (χ4v) is 3.59. The maximum absolute atomic E-state index is 12.3. The summed E-state index contributed by atoms with van der Waals surface area (Å²) in [5.41, 5.74) is 0.375. The number of nitrogens with one attached hydrogen (secondary N) is 2. The van der Waals surface area contributed by atoms with E-state index < -0.39 is 10.0 Å². The van der Waals surface area contributed by atoms with Gasteiger partial charge in [0.05, 0.1) is 17.7 Å². The second-order valence-corrected chi connectivity index (χ2v) is 8.76. The number of carbonyl (C=O) groups excluding carboxylic acids is 1. The summed E-state index contributed by atoms with van der Waals surface area (Å²) in [4.78, 5) is 16.6. The Morgan fingerprint density at radius 3 is 2.57 bits per heavy atom. The van der Waals surface area contributed by atoms with Gasteiger partial charge < -0.3 is 14.3 Å². The molecule has 0 aliphatic rings. The molecule has 10 heteroatoms. The maximum Gasteiger partial charge on any atom is 0.251 e. The van der Waals surface area contributed by atoms with Gasteiger partial charge in [-0.2, -0.15) is 4.98 Å². The summed E-state index contributed by atoms with van der Waals surface area (Å²) in [6.07, 6.45) is 2.69. The predicted octanol–water partition coefficient (Wildman–Crippen LogP) is 2.63. The molecule has 9 nitrogen and oxygen atoms in total. The van der Waals surface area contributed by atoms with Crippen molar-refractivity contribution in [1.82, 2.24) is 20.2 Å². The summed E-state index contributed by atoms with van der Waals surface area (Å²) in [7, 11) is -3.70. The average molecular weight is 433 g/mol. The Labute approximate surface area is 174 Å². The number of rotatable bonds is 10. The van der Waals surface area contributed by atoms with Gasteiger partial charge in [0.25, 0.3) is 5.91 Å². The van der Waals surface area contributed by atoms with Crippen molar-refractivity contribution < 1.29 is 22.2 Å². The van der Waals surface area contributed by atoms with Gasteiger partial charge in [-0.1, -0.05) is 19.0 Å². The predicted molar refractivity (Wildman–Crippen MR) is 108 cm³/mol. The van der Waals surface area contributed by atoms with E-state index in [1.807, 2.05) is 13.8 Å². The van der Waals surface area contributed by atoms with E-state index in [-0.39, 0.29) is 23.3 Å². The highest BCUT2D eigenvalue weighted by atomic mass is 32.2. The van der Waals surface area contributed by atoms with E-state index in [2.05, 4.69) is 20.2 Å². The number of sulfonamides is 1. The van der Waals surface area contributed by atoms with E-state index in [9.17, 15) is 13.2 Å². The standard InChI is InChI=1S/C20H24N4O5S/c1-14(2)19-23-18(29-24-19)6-3-11-21-20(25)15-7-9-17(10-8-15)30(26,27)22-13-16-5-4-12-28-16/h4-5,7-10,12,14,22H,3,6,11,13H2,1-2H3,(H,21,25). The lowest BCUT2D eigenvalue weighted by molar-refractivity contribution is 0.0953. The number of aryl methyl sites for hydroxylation is 1. The summed E-state index contributed by atoms with van der Waals surface area (Å²) in [6, 6.07) is 9.10. The topological polar surface area (TPSA) is 127 Å². The molecule has 0 saturated heterocycles. The van der Waals surface area contributed by atoms with Crippen LogP contribution in [0.3, 0.4) is 0 Å². The van der Waals surface area contributed by atoms with Crippen molar-refractivity contribution in [3.05, 3.63) is 65.7 Å². The van der Waals surface area contributed by atoms with Crippen molar-refractivity contribution in [1.29, 1.82) is 0 Å². The van der Waals surface area contributed by atoms with Crippen molar-refractivity contribution in [3.63, 3.8) is 0 Å². The Hall–Kier alpha value is -2.98. The van der Waals surface area contributed by atoms with Crippen LogP contribution in [0.5, 0.6) is 0 Å². The van der Waals surface area contributed by atoms with E-state index in [0.717, 1.165) is 0 Å². The summed E-state index contributed by atoms with van der Waals surface area (Å²) in [6.45, 7) is 4.46. The van der Waals surface area contributed by atoms with Gasteiger partial charge in [0, 0.05) is 24.4 Å². The molecule has 2 N–H and O–H groups in total. The average Bonchev–Trinajstić information content (AvgIpc) is 3.42. The van der Waals surface area contributed by atoms with E-state index in [1.54, 1.807) is 12.1 Å². The van der Waals surface area contributed by atoms with Crippen molar-refractivity contribution >= 4 is 15.9 Å². The first-order valence-corrected chi connectivity index (χ1v) is 11.1. The lowest BCUT2D eigenvalue weighted by Gasteiger charge is -2.07. The third kappa shape index (κ3) is 5.77. The third-order valence-corrected chi connectivity index (χ3v) is 5.71. The summed E-state index contributed by atoms with van der Waals surface area (Å²) < 4.78 is 37.4. The summed E-state index contributed by atoms with van der Waals surface area (Å²) in [5.74, 6) is 1.65. The highest BCUT2D eigenvalue weighted by Gasteiger charge is 2.15. The molecule has 0 fully saturated rings. The molecule has 0 aliphatic carbocycles. The SMILES string of the molecule is CC(C)c1noc(CCCNC(=O)c2ccc(S(=O)(=O)NCc3ccco3)cc2)n1. The minimum atomic E-state index is -3.70. The van der Waals surface area contributed by atoms with Gasteiger partial charge in [-0.3, -0.25) is 4.79 Å². The first kappa shape index (κ1) is 21.7. The second kappa shape index (κ2) is 9.68. The van der Waals surface area contributed by atoms with Gasteiger partial charge in [0.2, 0.25) is 15.9 Å². The first-order valence-electron chi connectivity index (χ1n) is 9.58. The zero-order valence-electron chi connectivity index (χ0n) is 16.8. The van der Waals surface area contributed by atoms with Crippen LogP contribution >= 0.6 is 0 Å². The lowest BCUT2D eigenvalue weighted by Crippen LogP contribution is -2.25. The van der Waals surface area contributed by atoms with Crippen LogP contribution in [0.2, 0.25) is 0 Å². The summed E-state index contributed by atoms with van der Waals surface area (Å²) in [5, 5.41) is 6.69. The van der Waals surface area contributed by atoms with Crippen molar-refractivity contribution in [2.24, 2.45) is 0 Å². The number of aromatic nitrogens is 2. The van der Waals surface area contributed by atoms with Gasteiger partial charge in [-0.15, -0.1) is 0 Å². The zero-order valence-corrected chi connectivity index (χ0v) is 17.6. The number of furan rings is 1. The molecule has 0 atom stereocenters. The molecule has 2 heterocycles. The van der Waals surface area contributed by atoms with Gasteiger partial charge in [-0.25, -0.2) is 13.1 Å². The molecule has 3 aromatic rings. The Morgan fingerprint density at radius 2 is 1.93 bits per heavy atom. The molecule has 0 bridgehead atoms. The number of nitrogens with zero attached hydrogens (tertiary/aromatic N) is 2. The molecule has 1 aromatic carbocycles. The molecule has 0 aliphatic heterocycles. The van der Waals surface area contributed by atoms with E-state index in [4.69, 9.17) is 8.94 Å². The quantitative estimate of drug-likeness (QED) is 0.471. The van der Waals surface area contributed by atoms with Gasteiger partial charge >= 0.3 is 0 Å². The Kier molecular flexibility index (Phi) is 7.01. The highest BCUT2D eigenvalue weighted by Crippen LogP contribution is 2.12. The van der Waals surface area contributed by atoms with Crippen LogP contribution in [-0.4, -0.2) is 31.0 Å². The highest BCUT2D eigenvalue weighted by molar-refractivity contribution is 7.89.